The molecule has 164 valence electrons. The first kappa shape index (κ1) is 21.4. The fourth-order valence-corrected chi connectivity index (χ4v) is 3.66. The number of piperazine rings is 1. The number of rotatable bonds is 7. The van der Waals surface area contributed by atoms with Crippen LogP contribution in [0.15, 0.2) is 79.1 Å². The van der Waals surface area contributed by atoms with Crippen LogP contribution in [0.1, 0.15) is 11.1 Å². The quantitative estimate of drug-likeness (QED) is 0.531. The van der Waals surface area contributed by atoms with Crippen LogP contribution in [0.3, 0.4) is 0 Å². The molecule has 0 saturated carbocycles. The van der Waals surface area contributed by atoms with Crippen molar-refractivity contribution in [2.75, 3.05) is 38.2 Å². The van der Waals surface area contributed by atoms with E-state index in [1.165, 1.54) is 0 Å². The zero-order chi connectivity index (χ0) is 22.2. The molecular weight excluding hydrogens is 402 g/mol. The minimum atomic E-state index is 0.0164. The summed E-state index contributed by atoms with van der Waals surface area (Å²) in [4.78, 5) is 20.9. The molecule has 0 aliphatic carbocycles. The van der Waals surface area contributed by atoms with Gasteiger partial charge in [0.15, 0.2) is 11.5 Å². The predicted molar refractivity (Wildman–Crippen MR) is 126 cm³/mol. The Labute approximate surface area is 188 Å². The number of benzene rings is 2. The SMILES string of the molecule is COc1cc(/C=C\C(=O)N2CCN(c3ccncc3)CC2)ccc1OCc1ccccc1. The van der Waals surface area contributed by atoms with Gasteiger partial charge in [-0.3, -0.25) is 9.78 Å². The molecule has 32 heavy (non-hydrogen) atoms. The third kappa shape index (κ3) is 5.46. The van der Waals surface area contributed by atoms with Crippen LogP contribution in [0, 0.1) is 0 Å². The van der Waals surface area contributed by atoms with Gasteiger partial charge in [-0.15, -0.1) is 0 Å². The van der Waals surface area contributed by atoms with E-state index in [0.29, 0.717) is 31.2 Å². The zero-order valence-corrected chi connectivity index (χ0v) is 18.2. The van der Waals surface area contributed by atoms with E-state index in [-0.39, 0.29) is 5.91 Å². The Morgan fingerprint density at radius 2 is 1.72 bits per heavy atom. The molecule has 6 nitrogen and oxygen atoms in total. The van der Waals surface area contributed by atoms with E-state index in [2.05, 4.69) is 9.88 Å². The Morgan fingerprint density at radius 3 is 2.44 bits per heavy atom. The molecule has 4 rings (SSSR count). The van der Waals surface area contributed by atoms with Gasteiger partial charge in [0.25, 0.3) is 0 Å². The van der Waals surface area contributed by atoms with Gasteiger partial charge in [-0.1, -0.05) is 36.4 Å². The maximum Gasteiger partial charge on any atom is 0.246 e. The van der Waals surface area contributed by atoms with E-state index in [1.54, 1.807) is 25.6 Å². The second-order valence-corrected chi connectivity index (χ2v) is 7.54. The highest BCUT2D eigenvalue weighted by molar-refractivity contribution is 5.92. The lowest BCUT2D eigenvalue weighted by atomic mass is 10.1. The summed E-state index contributed by atoms with van der Waals surface area (Å²) in [5.74, 6) is 1.33. The molecular formula is C26H27N3O3. The first-order valence-electron chi connectivity index (χ1n) is 10.7. The van der Waals surface area contributed by atoms with E-state index in [4.69, 9.17) is 9.47 Å². The number of hydrogen-bond donors (Lipinski definition) is 0. The van der Waals surface area contributed by atoms with Gasteiger partial charge in [-0.05, 0) is 41.5 Å². The van der Waals surface area contributed by atoms with Crippen molar-refractivity contribution in [2.45, 2.75) is 6.61 Å². The summed E-state index contributed by atoms with van der Waals surface area (Å²) >= 11 is 0. The Hall–Kier alpha value is -3.80. The van der Waals surface area contributed by atoms with Gasteiger partial charge in [0.05, 0.1) is 7.11 Å². The average molecular weight is 430 g/mol. The molecule has 3 aromatic rings. The highest BCUT2D eigenvalue weighted by Crippen LogP contribution is 2.29. The standard InChI is InChI=1S/C26H27N3O3/c1-31-25-19-21(7-9-24(25)32-20-22-5-3-2-4-6-22)8-10-26(30)29-17-15-28(16-18-29)23-11-13-27-14-12-23/h2-14,19H,15-18,20H2,1H3/b10-8-. The number of carbonyl (C=O) groups excluding carboxylic acids is 1. The molecule has 2 heterocycles. The van der Waals surface area contributed by atoms with E-state index in [0.717, 1.165) is 29.9 Å². The third-order valence-electron chi connectivity index (χ3n) is 5.46. The first-order valence-corrected chi connectivity index (χ1v) is 10.7. The fourth-order valence-electron chi connectivity index (χ4n) is 3.66. The number of amides is 1. The fraction of sp³-hybridized carbons (Fsp3) is 0.231. The van der Waals surface area contributed by atoms with Crippen molar-refractivity contribution in [2.24, 2.45) is 0 Å². The topological polar surface area (TPSA) is 54.9 Å². The van der Waals surface area contributed by atoms with Crippen molar-refractivity contribution in [3.8, 4) is 11.5 Å². The lowest BCUT2D eigenvalue weighted by molar-refractivity contribution is -0.126. The Balaban J connectivity index is 1.33. The van der Waals surface area contributed by atoms with Crippen LogP contribution in [0.2, 0.25) is 0 Å². The van der Waals surface area contributed by atoms with Crippen molar-refractivity contribution in [1.29, 1.82) is 0 Å². The van der Waals surface area contributed by atoms with Crippen LogP contribution in [0.25, 0.3) is 6.08 Å². The molecule has 1 aliphatic rings. The van der Waals surface area contributed by atoms with Crippen LogP contribution < -0.4 is 14.4 Å². The first-order chi connectivity index (χ1) is 15.7. The molecule has 2 aromatic carbocycles. The number of hydrogen-bond acceptors (Lipinski definition) is 5. The van der Waals surface area contributed by atoms with Crippen molar-refractivity contribution in [1.82, 2.24) is 9.88 Å². The van der Waals surface area contributed by atoms with Crippen molar-refractivity contribution >= 4 is 17.7 Å². The third-order valence-corrected chi connectivity index (χ3v) is 5.46. The lowest BCUT2D eigenvalue weighted by Crippen LogP contribution is -2.48. The Kier molecular flexibility index (Phi) is 7.02. The minimum absolute atomic E-state index is 0.0164. The summed E-state index contributed by atoms with van der Waals surface area (Å²) in [7, 11) is 1.62. The number of aromatic nitrogens is 1. The van der Waals surface area contributed by atoms with Gasteiger partial charge in [0, 0.05) is 50.3 Å². The second-order valence-electron chi connectivity index (χ2n) is 7.54. The van der Waals surface area contributed by atoms with E-state index < -0.39 is 0 Å². The number of nitrogens with zero attached hydrogens (tertiary/aromatic N) is 3. The molecule has 1 amide bonds. The number of pyridine rings is 1. The number of ether oxygens (including phenoxy) is 2. The molecule has 1 aromatic heterocycles. The normalized spacial score (nSPS) is 13.9. The highest BCUT2D eigenvalue weighted by atomic mass is 16.5. The van der Waals surface area contributed by atoms with Crippen LogP contribution >= 0.6 is 0 Å². The lowest BCUT2D eigenvalue weighted by Gasteiger charge is -2.35. The molecule has 1 fully saturated rings. The van der Waals surface area contributed by atoms with Crippen LogP contribution in [0.5, 0.6) is 11.5 Å². The van der Waals surface area contributed by atoms with Crippen LogP contribution in [-0.2, 0) is 11.4 Å². The summed E-state index contributed by atoms with van der Waals surface area (Å²) < 4.78 is 11.4. The maximum atomic E-state index is 12.7. The van der Waals surface area contributed by atoms with Crippen molar-refractivity contribution in [3.63, 3.8) is 0 Å². The monoisotopic (exact) mass is 429 g/mol. The largest absolute Gasteiger partial charge is 0.493 e. The summed E-state index contributed by atoms with van der Waals surface area (Å²) in [6, 6.07) is 19.7. The summed E-state index contributed by atoms with van der Waals surface area (Å²) in [6.07, 6.45) is 7.03. The van der Waals surface area contributed by atoms with Crippen LogP contribution in [-0.4, -0.2) is 49.1 Å². The summed E-state index contributed by atoms with van der Waals surface area (Å²) in [6.45, 7) is 3.48. The average Bonchev–Trinajstić information content (AvgIpc) is 2.87. The van der Waals surface area contributed by atoms with Gasteiger partial charge >= 0.3 is 0 Å². The second kappa shape index (κ2) is 10.5. The smallest absolute Gasteiger partial charge is 0.246 e. The van der Waals surface area contributed by atoms with Gasteiger partial charge in [-0.25, -0.2) is 0 Å². The van der Waals surface area contributed by atoms with Crippen molar-refractivity contribution in [3.05, 3.63) is 90.3 Å². The highest BCUT2D eigenvalue weighted by Gasteiger charge is 2.19. The minimum Gasteiger partial charge on any atom is -0.493 e. The molecule has 0 bridgehead atoms. The molecule has 0 atom stereocenters. The van der Waals surface area contributed by atoms with Crippen molar-refractivity contribution < 1.29 is 14.3 Å². The molecule has 0 unspecified atom stereocenters. The molecule has 0 radical (unpaired) electrons. The Bertz CT molecular complexity index is 1050. The maximum absolute atomic E-state index is 12.7. The number of carbonyl (C=O) groups is 1. The van der Waals surface area contributed by atoms with Gasteiger partial charge in [-0.2, -0.15) is 0 Å². The number of anilines is 1. The molecule has 6 heteroatoms. The summed E-state index contributed by atoms with van der Waals surface area (Å²) in [5, 5.41) is 0. The van der Waals surface area contributed by atoms with E-state index in [9.17, 15) is 4.79 Å². The van der Waals surface area contributed by atoms with Gasteiger partial charge < -0.3 is 19.3 Å². The zero-order valence-electron chi connectivity index (χ0n) is 18.2. The van der Waals surface area contributed by atoms with E-state index >= 15 is 0 Å². The van der Waals surface area contributed by atoms with Crippen LogP contribution in [0.4, 0.5) is 5.69 Å². The Morgan fingerprint density at radius 1 is 0.969 bits per heavy atom. The number of methoxy groups -OCH3 is 1. The molecule has 0 N–H and O–H groups in total. The molecule has 0 spiro atoms. The van der Waals surface area contributed by atoms with Gasteiger partial charge in [0.2, 0.25) is 5.91 Å². The van der Waals surface area contributed by atoms with E-state index in [1.807, 2.05) is 71.6 Å². The molecule has 1 saturated heterocycles. The molecule has 1 aliphatic heterocycles. The summed E-state index contributed by atoms with van der Waals surface area (Å²) in [5.41, 5.74) is 3.12. The predicted octanol–water partition coefficient (Wildman–Crippen LogP) is 4.03. The van der Waals surface area contributed by atoms with Gasteiger partial charge in [0.1, 0.15) is 6.61 Å².